The molecular weight excluding hydrogens is 196 g/mol. The Hall–Kier alpha value is -0.480. The molecule has 0 aliphatic carbocycles. The topological polar surface area (TPSA) is 35.0 Å². The average Bonchev–Trinajstić information content (AvgIpc) is 2.04. The summed E-state index contributed by atoms with van der Waals surface area (Å²) in [6, 6.07) is 1.60. The molecule has 0 saturated heterocycles. The first-order valence-electron chi connectivity index (χ1n) is 3.47. The summed E-state index contributed by atoms with van der Waals surface area (Å²) in [5.74, 6) is 0.529. The second-order valence-electron chi connectivity index (χ2n) is 1.95. The molecule has 0 N–H and O–H groups in total. The highest BCUT2D eigenvalue weighted by molar-refractivity contribution is 7.98. The van der Waals surface area contributed by atoms with Crippen molar-refractivity contribution in [3.05, 3.63) is 11.2 Å². The Morgan fingerprint density at radius 2 is 2.33 bits per heavy atom. The molecule has 1 rings (SSSR count). The van der Waals surface area contributed by atoms with Crippen LogP contribution in [-0.2, 0) is 0 Å². The molecule has 0 amide bonds. The van der Waals surface area contributed by atoms with E-state index in [1.165, 1.54) is 11.8 Å². The van der Waals surface area contributed by atoms with Gasteiger partial charge in [-0.2, -0.15) is 4.98 Å². The highest BCUT2D eigenvalue weighted by atomic mass is 35.5. The number of thioether (sulfide) groups is 1. The molecule has 0 atom stereocenters. The van der Waals surface area contributed by atoms with Gasteiger partial charge in [0.25, 0.3) is 0 Å². The summed E-state index contributed by atoms with van der Waals surface area (Å²) in [6.45, 7) is 2.48. The minimum atomic E-state index is 0.415. The van der Waals surface area contributed by atoms with Gasteiger partial charge in [0.2, 0.25) is 5.88 Å². The molecule has 1 heterocycles. The molecule has 66 valence electrons. The van der Waals surface area contributed by atoms with Crippen LogP contribution in [0.3, 0.4) is 0 Å². The van der Waals surface area contributed by atoms with Gasteiger partial charge in [0.05, 0.1) is 6.61 Å². The second kappa shape index (κ2) is 4.52. The number of halogens is 1. The zero-order valence-corrected chi connectivity index (χ0v) is 8.45. The molecule has 1 aromatic heterocycles. The lowest BCUT2D eigenvalue weighted by molar-refractivity contribution is 0.323. The number of rotatable bonds is 3. The van der Waals surface area contributed by atoms with Gasteiger partial charge in [-0.05, 0) is 13.2 Å². The quantitative estimate of drug-likeness (QED) is 0.430. The van der Waals surface area contributed by atoms with Crippen LogP contribution in [-0.4, -0.2) is 22.8 Å². The molecule has 0 radical (unpaired) electrons. The van der Waals surface area contributed by atoms with Crippen molar-refractivity contribution >= 4 is 23.4 Å². The third-order valence-electron chi connectivity index (χ3n) is 1.13. The number of nitrogens with zero attached hydrogens (tertiary/aromatic N) is 2. The number of hydrogen-bond acceptors (Lipinski definition) is 4. The largest absolute Gasteiger partial charge is 0.478 e. The molecule has 0 aliphatic heterocycles. The zero-order valence-electron chi connectivity index (χ0n) is 6.87. The van der Waals surface area contributed by atoms with E-state index in [9.17, 15) is 0 Å². The summed E-state index contributed by atoms with van der Waals surface area (Å²) in [6.07, 6.45) is 1.89. The maximum absolute atomic E-state index is 5.72. The van der Waals surface area contributed by atoms with Crippen molar-refractivity contribution in [1.29, 1.82) is 0 Å². The Bertz CT molecular complexity index is 270. The molecule has 3 nitrogen and oxygen atoms in total. The monoisotopic (exact) mass is 204 g/mol. The summed E-state index contributed by atoms with van der Waals surface area (Å²) in [4.78, 5) is 8.06. The van der Waals surface area contributed by atoms with E-state index >= 15 is 0 Å². The SMILES string of the molecule is CCOc1cc(Cl)nc(SC)n1. The van der Waals surface area contributed by atoms with Gasteiger partial charge < -0.3 is 4.74 Å². The van der Waals surface area contributed by atoms with Crippen molar-refractivity contribution in [2.75, 3.05) is 12.9 Å². The fourth-order valence-electron chi connectivity index (χ4n) is 0.690. The second-order valence-corrected chi connectivity index (χ2v) is 3.11. The van der Waals surface area contributed by atoms with Crippen LogP contribution in [0.1, 0.15) is 6.92 Å². The highest BCUT2D eigenvalue weighted by Gasteiger charge is 2.01. The summed E-state index contributed by atoms with van der Waals surface area (Å²) in [5, 5.41) is 1.05. The molecule has 0 unspecified atom stereocenters. The van der Waals surface area contributed by atoms with Gasteiger partial charge in [0, 0.05) is 6.07 Å². The van der Waals surface area contributed by atoms with Gasteiger partial charge in [0.1, 0.15) is 5.15 Å². The minimum Gasteiger partial charge on any atom is -0.478 e. The van der Waals surface area contributed by atoms with Gasteiger partial charge in [-0.15, -0.1) is 0 Å². The van der Waals surface area contributed by atoms with E-state index in [2.05, 4.69) is 9.97 Å². The van der Waals surface area contributed by atoms with Crippen LogP contribution in [0.5, 0.6) is 5.88 Å². The zero-order chi connectivity index (χ0) is 8.97. The van der Waals surface area contributed by atoms with Crippen molar-refractivity contribution in [1.82, 2.24) is 9.97 Å². The van der Waals surface area contributed by atoms with Gasteiger partial charge in [-0.3, -0.25) is 0 Å². The Labute approximate surface area is 80.5 Å². The van der Waals surface area contributed by atoms with Crippen molar-refractivity contribution in [2.45, 2.75) is 12.1 Å². The predicted molar refractivity (Wildman–Crippen MR) is 50.0 cm³/mol. The first-order chi connectivity index (χ1) is 5.76. The minimum absolute atomic E-state index is 0.415. The van der Waals surface area contributed by atoms with Crippen molar-refractivity contribution < 1.29 is 4.74 Å². The Morgan fingerprint density at radius 1 is 1.58 bits per heavy atom. The fourth-order valence-corrected chi connectivity index (χ4v) is 1.28. The number of ether oxygens (including phenoxy) is 1. The van der Waals surface area contributed by atoms with Gasteiger partial charge in [0.15, 0.2) is 5.16 Å². The molecule has 12 heavy (non-hydrogen) atoms. The average molecular weight is 205 g/mol. The maximum atomic E-state index is 5.72. The summed E-state index contributed by atoms with van der Waals surface area (Å²) < 4.78 is 5.18. The van der Waals surface area contributed by atoms with E-state index in [1.807, 2.05) is 13.2 Å². The number of aromatic nitrogens is 2. The molecule has 5 heteroatoms. The maximum Gasteiger partial charge on any atom is 0.218 e. The molecule has 0 fully saturated rings. The molecule has 0 aromatic carbocycles. The summed E-state index contributed by atoms with van der Waals surface area (Å²) >= 11 is 7.16. The predicted octanol–water partition coefficient (Wildman–Crippen LogP) is 2.25. The number of hydrogen-bond donors (Lipinski definition) is 0. The van der Waals surface area contributed by atoms with Crippen molar-refractivity contribution in [2.24, 2.45) is 0 Å². The van der Waals surface area contributed by atoms with Crippen LogP contribution in [0.4, 0.5) is 0 Å². The lowest BCUT2D eigenvalue weighted by Gasteiger charge is -2.02. The summed E-state index contributed by atoms with van der Waals surface area (Å²) in [7, 11) is 0. The first kappa shape index (κ1) is 9.61. The molecule has 1 aromatic rings. The van der Waals surface area contributed by atoms with Crippen LogP contribution in [0.25, 0.3) is 0 Å². The van der Waals surface area contributed by atoms with Crippen LogP contribution >= 0.6 is 23.4 Å². The molecule has 0 spiro atoms. The molecule has 0 bridgehead atoms. The third-order valence-corrected chi connectivity index (χ3v) is 1.87. The van der Waals surface area contributed by atoms with Gasteiger partial charge in [-0.25, -0.2) is 4.98 Å². The third kappa shape index (κ3) is 2.53. The van der Waals surface area contributed by atoms with Gasteiger partial charge in [-0.1, -0.05) is 23.4 Å². The Balaban J connectivity index is 2.90. The van der Waals surface area contributed by atoms with E-state index in [4.69, 9.17) is 16.3 Å². The van der Waals surface area contributed by atoms with Crippen LogP contribution in [0, 0.1) is 0 Å². The van der Waals surface area contributed by atoms with Crippen LogP contribution in [0.15, 0.2) is 11.2 Å². The van der Waals surface area contributed by atoms with Crippen molar-refractivity contribution in [3.63, 3.8) is 0 Å². The molecular formula is C7H9ClN2OS. The van der Waals surface area contributed by atoms with Crippen LogP contribution < -0.4 is 4.74 Å². The normalized spacial score (nSPS) is 9.92. The standard InChI is InChI=1S/C7H9ClN2OS/c1-3-11-6-4-5(8)9-7(10-6)12-2/h4H,3H2,1-2H3. The van der Waals surface area contributed by atoms with E-state index in [-0.39, 0.29) is 0 Å². The van der Waals surface area contributed by atoms with E-state index in [0.29, 0.717) is 22.8 Å². The molecule has 0 saturated carbocycles. The fraction of sp³-hybridized carbons (Fsp3) is 0.429. The first-order valence-corrected chi connectivity index (χ1v) is 5.08. The lowest BCUT2D eigenvalue weighted by Crippen LogP contribution is -1.96. The Morgan fingerprint density at radius 3 is 2.92 bits per heavy atom. The van der Waals surface area contributed by atoms with Gasteiger partial charge >= 0.3 is 0 Å². The summed E-state index contributed by atoms with van der Waals surface area (Å²) in [5.41, 5.74) is 0. The smallest absolute Gasteiger partial charge is 0.218 e. The highest BCUT2D eigenvalue weighted by Crippen LogP contribution is 2.18. The van der Waals surface area contributed by atoms with E-state index in [0.717, 1.165) is 0 Å². The lowest BCUT2D eigenvalue weighted by atomic mass is 10.6. The van der Waals surface area contributed by atoms with Crippen LogP contribution in [0.2, 0.25) is 5.15 Å². The Kier molecular flexibility index (Phi) is 3.62. The van der Waals surface area contributed by atoms with Crippen molar-refractivity contribution in [3.8, 4) is 5.88 Å². The van der Waals surface area contributed by atoms with E-state index < -0.39 is 0 Å². The van der Waals surface area contributed by atoms with E-state index in [1.54, 1.807) is 6.07 Å². The molecule has 0 aliphatic rings.